The number of hydrogen-bond donors (Lipinski definition) is 3. The first-order valence-corrected chi connectivity index (χ1v) is 3.36. The highest BCUT2D eigenvalue weighted by molar-refractivity contribution is 5.98. The molecule has 0 saturated carbocycles. The van der Waals surface area contributed by atoms with Gasteiger partial charge in [0.2, 0.25) is 0 Å². The Bertz CT molecular complexity index is 381. The van der Waals surface area contributed by atoms with Crippen molar-refractivity contribution in [1.82, 2.24) is 5.32 Å². The summed E-state index contributed by atoms with van der Waals surface area (Å²) in [5.41, 5.74) is -0.137. The van der Waals surface area contributed by atoms with Crippen LogP contribution in [0.5, 0.6) is 11.5 Å². The molecule has 0 aliphatic heterocycles. The van der Waals surface area contributed by atoms with Crippen LogP contribution >= 0.6 is 0 Å². The van der Waals surface area contributed by atoms with E-state index in [0.717, 1.165) is 6.07 Å². The number of nitriles is 1. The Morgan fingerprint density at radius 2 is 2.15 bits per heavy atom. The Labute approximate surface area is 73.9 Å². The Hall–Kier alpha value is -2.22. The van der Waals surface area contributed by atoms with Gasteiger partial charge in [0.05, 0.1) is 5.56 Å². The number of aromatic hydroxyl groups is 2. The zero-order valence-electron chi connectivity index (χ0n) is 6.48. The van der Waals surface area contributed by atoms with Crippen molar-refractivity contribution in [1.29, 1.82) is 5.26 Å². The molecule has 13 heavy (non-hydrogen) atoms. The van der Waals surface area contributed by atoms with E-state index in [-0.39, 0.29) is 17.1 Å². The molecule has 66 valence electrons. The molecule has 0 heterocycles. The third kappa shape index (κ3) is 1.87. The molecule has 3 N–H and O–H groups in total. The Morgan fingerprint density at radius 3 is 2.77 bits per heavy atom. The average molecular weight is 178 g/mol. The number of carbonyl (C=O) groups is 1. The molecule has 1 rings (SSSR count). The van der Waals surface area contributed by atoms with Crippen LogP contribution in [-0.2, 0) is 0 Å². The van der Waals surface area contributed by atoms with Gasteiger partial charge in [-0.3, -0.25) is 10.1 Å². The lowest BCUT2D eigenvalue weighted by molar-refractivity contribution is 0.0970. The van der Waals surface area contributed by atoms with Gasteiger partial charge >= 0.3 is 0 Å². The highest BCUT2D eigenvalue weighted by Crippen LogP contribution is 2.21. The minimum absolute atomic E-state index is 0.137. The predicted octanol–water partition coefficient (Wildman–Crippen LogP) is 0.309. The van der Waals surface area contributed by atoms with E-state index in [1.54, 1.807) is 0 Å². The molecule has 0 aliphatic carbocycles. The molecule has 0 aromatic heterocycles. The van der Waals surface area contributed by atoms with Gasteiger partial charge in [-0.2, -0.15) is 5.26 Å². The number of hydrogen-bond acceptors (Lipinski definition) is 4. The molecular formula is C8H6N2O3. The molecule has 1 aromatic rings. The fourth-order valence-electron chi connectivity index (χ4n) is 0.824. The van der Waals surface area contributed by atoms with Gasteiger partial charge in [-0.25, -0.2) is 0 Å². The second-order valence-corrected chi connectivity index (χ2v) is 2.27. The molecule has 5 heteroatoms. The van der Waals surface area contributed by atoms with Crippen LogP contribution in [0, 0.1) is 11.5 Å². The van der Waals surface area contributed by atoms with Crippen LogP contribution in [0.15, 0.2) is 18.2 Å². The van der Waals surface area contributed by atoms with E-state index in [1.165, 1.54) is 18.3 Å². The quantitative estimate of drug-likeness (QED) is 0.327. The fraction of sp³-hybridized carbons (Fsp3) is 0. The Morgan fingerprint density at radius 1 is 1.46 bits per heavy atom. The third-order valence-electron chi connectivity index (χ3n) is 1.39. The highest BCUT2D eigenvalue weighted by atomic mass is 16.3. The van der Waals surface area contributed by atoms with Crippen molar-refractivity contribution < 1.29 is 15.0 Å². The molecule has 0 fully saturated rings. The number of nitrogens with one attached hydrogen (secondary N) is 1. The van der Waals surface area contributed by atoms with Gasteiger partial charge in [0.25, 0.3) is 5.91 Å². The first kappa shape index (κ1) is 8.87. The summed E-state index contributed by atoms with van der Waals surface area (Å²) in [5, 5.41) is 28.1. The zero-order valence-corrected chi connectivity index (χ0v) is 6.48. The fourth-order valence-corrected chi connectivity index (χ4v) is 0.824. The monoisotopic (exact) mass is 178 g/mol. The van der Waals surface area contributed by atoms with Crippen molar-refractivity contribution in [2.75, 3.05) is 0 Å². The molecule has 1 aromatic carbocycles. The van der Waals surface area contributed by atoms with Crippen LogP contribution in [0.3, 0.4) is 0 Å². The molecular weight excluding hydrogens is 172 g/mol. The minimum atomic E-state index is -0.754. The third-order valence-corrected chi connectivity index (χ3v) is 1.39. The van der Waals surface area contributed by atoms with Crippen LogP contribution in [0.4, 0.5) is 0 Å². The molecule has 0 atom stereocenters. The number of amides is 1. The second kappa shape index (κ2) is 3.45. The Balaban J connectivity index is 3.07. The van der Waals surface area contributed by atoms with Crippen molar-refractivity contribution >= 4 is 5.91 Å². The van der Waals surface area contributed by atoms with Gasteiger partial charge in [0.15, 0.2) is 6.19 Å². The summed E-state index contributed by atoms with van der Waals surface area (Å²) in [4.78, 5) is 11.0. The molecule has 0 saturated heterocycles. The number of carbonyl (C=O) groups excluding carboxylic acids is 1. The molecule has 5 nitrogen and oxygen atoms in total. The van der Waals surface area contributed by atoms with Crippen molar-refractivity contribution in [3.8, 4) is 17.7 Å². The van der Waals surface area contributed by atoms with Gasteiger partial charge in [0.1, 0.15) is 11.5 Å². The van der Waals surface area contributed by atoms with Crippen LogP contribution in [0.1, 0.15) is 10.4 Å². The normalized spacial score (nSPS) is 8.85. The smallest absolute Gasteiger partial charge is 0.268 e. The van der Waals surface area contributed by atoms with Gasteiger partial charge < -0.3 is 10.2 Å². The molecule has 0 bridgehead atoms. The van der Waals surface area contributed by atoms with Gasteiger partial charge in [-0.1, -0.05) is 0 Å². The van der Waals surface area contributed by atoms with Crippen LogP contribution in [0.25, 0.3) is 0 Å². The number of benzene rings is 1. The predicted molar refractivity (Wildman–Crippen MR) is 42.9 cm³/mol. The van der Waals surface area contributed by atoms with Gasteiger partial charge in [-0.05, 0) is 18.2 Å². The van der Waals surface area contributed by atoms with Crippen molar-refractivity contribution in [3.05, 3.63) is 23.8 Å². The molecule has 0 spiro atoms. The lowest BCUT2D eigenvalue weighted by Crippen LogP contribution is -2.17. The van der Waals surface area contributed by atoms with Crippen molar-refractivity contribution in [2.45, 2.75) is 0 Å². The molecule has 0 radical (unpaired) electrons. The van der Waals surface area contributed by atoms with Crippen LogP contribution in [-0.4, -0.2) is 16.1 Å². The maximum absolute atomic E-state index is 11.0. The second-order valence-electron chi connectivity index (χ2n) is 2.27. The standard InChI is InChI=1S/C8H6N2O3/c9-4-10-8(13)6-3-5(11)1-2-7(6)12/h1-3,11-12H,(H,10,13). The topological polar surface area (TPSA) is 93.4 Å². The Kier molecular flexibility index (Phi) is 2.36. The van der Waals surface area contributed by atoms with Crippen molar-refractivity contribution in [3.63, 3.8) is 0 Å². The summed E-state index contributed by atoms with van der Waals surface area (Å²) in [5.74, 6) is -1.19. The number of phenols is 2. The maximum atomic E-state index is 11.0. The number of phenolic OH excluding ortho intramolecular Hbond substituents is 2. The van der Waals surface area contributed by atoms with E-state index in [4.69, 9.17) is 15.5 Å². The summed E-state index contributed by atoms with van der Waals surface area (Å²) in [6.07, 6.45) is 1.42. The molecule has 0 unspecified atom stereocenters. The van der Waals surface area contributed by atoms with E-state index in [1.807, 2.05) is 5.32 Å². The van der Waals surface area contributed by atoms with E-state index >= 15 is 0 Å². The molecule has 1 amide bonds. The summed E-state index contributed by atoms with van der Waals surface area (Å²) in [6.45, 7) is 0. The summed E-state index contributed by atoms with van der Waals surface area (Å²) in [6, 6.07) is 3.47. The lowest BCUT2D eigenvalue weighted by atomic mass is 10.2. The van der Waals surface area contributed by atoms with E-state index in [9.17, 15) is 4.79 Å². The first-order chi connectivity index (χ1) is 6.15. The van der Waals surface area contributed by atoms with Crippen molar-refractivity contribution in [2.24, 2.45) is 0 Å². The summed E-state index contributed by atoms with van der Waals surface area (Å²) >= 11 is 0. The highest BCUT2D eigenvalue weighted by Gasteiger charge is 2.10. The molecule has 0 aliphatic rings. The maximum Gasteiger partial charge on any atom is 0.268 e. The van der Waals surface area contributed by atoms with E-state index < -0.39 is 5.91 Å². The minimum Gasteiger partial charge on any atom is -0.508 e. The summed E-state index contributed by atoms with van der Waals surface area (Å²) in [7, 11) is 0. The average Bonchev–Trinajstić information content (AvgIpc) is 2.09. The van der Waals surface area contributed by atoms with Gasteiger partial charge in [-0.15, -0.1) is 0 Å². The first-order valence-electron chi connectivity index (χ1n) is 3.36. The van der Waals surface area contributed by atoms with E-state index in [0.29, 0.717) is 0 Å². The zero-order chi connectivity index (χ0) is 9.84. The SMILES string of the molecule is N#CNC(=O)c1cc(O)ccc1O. The van der Waals surface area contributed by atoms with Crippen LogP contribution < -0.4 is 5.32 Å². The summed E-state index contributed by atoms with van der Waals surface area (Å²) < 4.78 is 0. The lowest BCUT2D eigenvalue weighted by Gasteiger charge is -2.01. The largest absolute Gasteiger partial charge is 0.508 e. The number of nitrogens with zero attached hydrogens (tertiary/aromatic N) is 1. The van der Waals surface area contributed by atoms with Gasteiger partial charge in [0, 0.05) is 0 Å². The van der Waals surface area contributed by atoms with E-state index in [2.05, 4.69) is 0 Å². The number of rotatable bonds is 1. The van der Waals surface area contributed by atoms with Crippen LogP contribution in [0.2, 0.25) is 0 Å².